The van der Waals surface area contributed by atoms with Crippen molar-refractivity contribution in [3.05, 3.63) is 0 Å². The molecule has 1 heterocycles. The molecule has 120 valence electrons. The Labute approximate surface area is 127 Å². The SMILES string of the molecule is CCN1CCC(CN(CCNC(C)C)CC(C)C)CC1. The monoisotopic (exact) mass is 283 g/mol. The van der Waals surface area contributed by atoms with Gasteiger partial charge in [-0.05, 0) is 44.3 Å². The fraction of sp³-hybridized carbons (Fsp3) is 1.00. The van der Waals surface area contributed by atoms with Crippen LogP contribution in [0.25, 0.3) is 0 Å². The van der Waals surface area contributed by atoms with Crippen LogP contribution in [0.2, 0.25) is 0 Å². The van der Waals surface area contributed by atoms with Gasteiger partial charge in [0.2, 0.25) is 0 Å². The molecule has 0 amide bonds. The van der Waals surface area contributed by atoms with E-state index in [1.807, 2.05) is 0 Å². The van der Waals surface area contributed by atoms with E-state index in [1.165, 1.54) is 52.1 Å². The molecule has 20 heavy (non-hydrogen) atoms. The molecule has 1 N–H and O–H groups in total. The van der Waals surface area contributed by atoms with Crippen LogP contribution < -0.4 is 5.32 Å². The van der Waals surface area contributed by atoms with E-state index in [2.05, 4.69) is 49.7 Å². The van der Waals surface area contributed by atoms with Gasteiger partial charge in [-0.1, -0.05) is 34.6 Å². The van der Waals surface area contributed by atoms with Crippen molar-refractivity contribution in [2.24, 2.45) is 11.8 Å². The van der Waals surface area contributed by atoms with Crippen LogP contribution in [-0.4, -0.2) is 61.7 Å². The van der Waals surface area contributed by atoms with Gasteiger partial charge in [0.25, 0.3) is 0 Å². The zero-order chi connectivity index (χ0) is 15.0. The number of nitrogens with zero attached hydrogens (tertiary/aromatic N) is 2. The zero-order valence-corrected chi connectivity index (χ0v) is 14.5. The molecule has 3 nitrogen and oxygen atoms in total. The van der Waals surface area contributed by atoms with Crippen molar-refractivity contribution < 1.29 is 0 Å². The van der Waals surface area contributed by atoms with Gasteiger partial charge >= 0.3 is 0 Å². The van der Waals surface area contributed by atoms with Crippen molar-refractivity contribution in [2.45, 2.75) is 53.5 Å². The number of nitrogens with one attached hydrogen (secondary N) is 1. The Morgan fingerprint density at radius 3 is 2.30 bits per heavy atom. The van der Waals surface area contributed by atoms with Crippen molar-refractivity contribution >= 4 is 0 Å². The average molecular weight is 284 g/mol. The second-order valence-electron chi connectivity index (χ2n) is 7.14. The first kappa shape index (κ1) is 17.9. The fourth-order valence-corrected chi connectivity index (χ4v) is 3.14. The molecule has 0 unspecified atom stereocenters. The Bertz CT molecular complexity index is 232. The van der Waals surface area contributed by atoms with Crippen LogP contribution in [-0.2, 0) is 0 Å². The first-order valence-corrected chi connectivity index (χ1v) is 8.69. The van der Waals surface area contributed by atoms with Crippen molar-refractivity contribution in [3.63, 3.8) is 0 Å². The second-order valence-corrected chi connectivity index (χ2v) is 7.14. The number of piperidine rings is 1. The van der Waals surface area contributed by atoms with E-state index in [0.29, 0.717) is 6.04 Å². The van der Waals surface area contributed by atoms with Crippen LogP contribution in [0, 0.1) is 11.8 Å². The summed E-state index contributed by atoms with van der Waals surface area (Å²) in [4.78, 5) is 5.27. The van der Waals surface area contributed by atoms with Gasteiger partial charge in [-0.2, -0.15) is 0 Å². The summed E-state index contributed by atoms with van der Waals surface area (Å²) < 4.78 is 0. The number of likely N-dealkylation sites (tertiary alicyclic amines) is 1. The van der Waals surface area contributed by atoms with Crippen LogP contribution in [0.3, 0.4) is 0 Å². The molecule has 0 spiro atoms. The van der Waals surface area contributed by atoms with Crippen LogP contribution >= 0.6 is 0 Å². The Morgan fingerprint density at radius 2 is 1.80 bits per heavy atom. The molecule has 1 saturated heterocycles. The summed E-state index contributed by atoms with van der Waals surface area (Å²) in [7, 11) is 0. The molecule has 0 aromatic rings. The minimum Gasteiger partial charge on any atom is -0.313 e. The van der Waals surface area contributed by atoms with Crippen LogP contribution in [0.1, 0.15) is 47.5 Å². The number of rotatable bonds is 9. The van der Waals surface area contributed by atoms with Gasteiger partial charge in [-0.3, -0.25) is 0 Å². The van der Waals surface area contributed by atoms with Crippen LogP contribution in [0.4, 0.5) is 0 Å². The molecule has 3 heteroatoms. The van der Waals surface area contributed by atoms with Crippen LogP contribution in [0.15, 0.2) is 0 Å². The van der Waals surface area contributed by atoms with Gasteiger partial charge < -0.3 is 15.1 Å². The average Bonchev–Trinajstić information content (AvgIpc) is 2.38. The smallest absolute Gasteiger partial charge is 0.0107 e. The normalized spacial score (nSPS) is 18.6. The molecule has 0 radical (unpaired) electrons. The van der Waals surface area contributed by atoms with Crippen LogP contribution in [0.5, 0.6) is 0 Å². The summed E-state index contributed by atoms with van der Waals surface area (Å²) in [6, 6.07) is 0.601. The molecule has 0 saturated carbocycles. The molecule has 1 aliphatic rings. The lowest BCUT2D eigenvalue weighted by molar-refractivity contribution is 0.140. The standard InChI is InChI=1S/C17H37N3/c1-6-19-10-7-17(8-11-19)14-20(13-15(2)3)12-9-18-16(4)5/h15-18H,6-14H2,1-5H3. The third-order valence-corrected chi connectivity index (χ3v) is 4.27. The lowest BCUT2D eigenvalue weighted by Gasteiger charge is -2.35. The highest BCUT2D eigenvalue weighted by molar-refractivity contribution is 4.75. The zero-order valence-electron chi connectivity index (χ0n) is 14.5. The maximum Gasteiger partial charge on any atom is 0.0107 e. The predicted molar refractivity (Wildman–Crippen MR) is 89.3 cm³/mol. The van der Waals surface area contributed by atoms with E-state index in [-0.39, 0.29) is 0 Å². The largest absolute Gasteiger partial charge is 0.313 e. The lowest BCUT2D eigenvalue weighted by atomic mass is 9.96. The topological polar surface area (TPSA) is 18.5 Å². The third kappa shape index (κ3) is 7.61. The highest BCUT2D eigenvalue weighted by Gasteiger charge is 2.20. The van der Waals surface area contributed by atoms with Gasteiger partial charge in [0, 0.05) is 32.2 Å². The summed E-state index contributed by atoms with van der Waals surface area (Å²) >= 11 is 0. The maximum atomic E-state index is 3.55. The molecule has 0 aromatic heterocycles. The first-order valence-electron chi connectivity index (χ1n) is 8.69. The predicted octanol–water partition coefficient (Wildman–Crippen LogP) is 2.67. The Kier molecular flexibility index (Phi) is 8.74. The molecule has 0 bridgehead atoms. The van der Waals surface area contributed by atoms with E-state index >= 15 is 0 Å². The summed E-state index contributed by atoms with van der Waals surface area (Å²) in [5.41, 5.74) is 0. The van der Waals surface area contributed by atoms with E-state index in [1.54, 1.807) is 0 Å². The molecule has 0 aromatic carbocycles. The van der Waals surface area contributed by atoms with E-state index < -0.39 is 0 Å². The second kappa shape index (κ2) is 9.75. The maximum absolute atomic E-state index is 3.55. The lowest BCUT2D eigenvalue weighted by Crippen LogP contribution is -2.42. The van der Waals surface area contributed by atoms with Gasteiger partial charge in [-0.15, -0.1) is 0 Å². The first-order chi connectivity index (χ1) is 9.51. The summed E-state index contributed by atoms with van der Waals surface area (Å²) in [6.45, 7) is 20.1. The number of hydrogen-bond acceptors (Lipinski definition) is 3. The van der Waals surface area contributed by atoms with Crippen molar-refractivity contribution in [2.75, 3.05) is 45.8 Å². The molecule has 0 atom stereocenters. The Hall–Kier alpha value is -0.120. The summed E-state index contributed by atoms with van der Waals surface area (Å²) in [6.07, 6.45) is 2.78. The number of hydrogen-bond donors (Lipinski definition) is 1. The quantitative estimate of drug-likeness (QED) is 0.702. The summed E-state index contributed by atoms with van der Waals surface area (Å²) in [5.74, 6) is 1.68. The minimum absolute atomic E-state index is 0.601. The molecule has 1 aliphatic heterocycles. The molecule has 1 rings (SSSR count). The minimum atomic E-state index is 0.601. The van der Waals surface area contributed by atoms with Gasteiger partial charge in [0.15, 0.2) is 0 Å². The molecule has 1 fully saturated rings. The summed E-state index contributed by atoms with van der Waals surface area (Å²) in [5, 5.41) is 3.55. The van der Waals surface area contributed by atoms with Crippen molar-refractivity contribution in [3.8, 4) is 0 Å². The van der Waals surface area contributed by atoms with Crippen molar-refractivity contribution in [1.29, 1.82) is 0 Å². The van der Waals surface area contributed by atoms with Gasteiger partial charge in [0.05, 0.1) is 0 Å². The van der Waals surface area contributed by atoms with E-state index in [9.17, 15) is 0 Å². The van der Waals surface area contributed by atoms with Gasteiger partial charge in [0.1, 0.15) is 0 Å². The third-order valence-electron chi connectivity index (χ3n) is 4.27. The highest BCUT2D eigenvalue weighted by Crippen LogP contribution is 2.18. The Morgan fingerprint density at radius 1 is 1.15 bits per heavy atom. The molecule has 0 aliphatic carbocycles. The van der Waals surface area contributed by atoms with Gasteiger partial charge in [-0.25, -0.2) is 0 Å². The Balaban J connectivity index is 2.32. The van der Waals surface area contributed by atoms with E-state index in [0.717, 1.165) is 18.4 Å². The highest BCUT2D eigenvalue weighted by atomic mass is 15.2. The molecular formula is C17H37N3. The van der Waals surface area contributed by atoms with E-state index in [4.69, 9.17) is 0 Å². The fourth-order valence-electron chi connectivity index (χ4n) is 3.14. The van der Waals surface area contributed by atoms with Crippen molar-refractivity contribution in [1.82, 2.24) is 15.1 Å². The molecular weight excluding hydrogens is 246 g/mol.